The highest BCUT2D eigenvalue weighted by atomic mass is 32.1. The molecule has 0 unspecified atom stereocenters. The smallest absolute Gasteiger partial charge is 0.339 e. The van der Waals surface area contributed by atoms with Gasteiger partial charge in [-0.05, 0) is 38.5 Å². The largest absolute Gasteiger partial charge is 0.465 e. The highest BCUT2D eigenvalue weighted by Gasteiger charge is 2.22. The molecule has 124 valence electrons. The van der Waals surface area contributed by atoms with E-state index in [1.165, 1.54) is 7.11 Å². The Balaban J connectivity index is 1.98. The summed E-state index contributed by atoms with van der Waals surface area (Å²) in [6.07, 6.45) is 1.73. The zero-order valence-corrected chi connectivity index (χ0v) is 14.7. The molecule has 2 N–H and O–H groups in total. The molecule has 0 atom stereocenters. The fraction of sp³-hybridized carbons (Fsp3) is 0.235. The molecule has 3 rings (SSSR count). The summed E-state index contributed by atoms with van der Waals surface area (Å²) in [5.74, 6) is 0.402. The molecule has 3 aromatic rings. The van der Waals surface area contributed by atoms with Gasteiger partial charge in [0.1, 0.15) is 11.5 Å². The van der Waals surface area contributed by atoms with Gasteiger partial charge in [0.25, 0.3) is 0 Å². The molecule has 0 spiro atoms. The molecule has 0 aliphatic carbocycles. The second-order valence-electron chi connectivity index (χ2n) is 5.38. The highest BCUT2D eigenvalue weighted by Crippen LogP contribution is 2.34. The average Bonchev–Trinajstić information content (AvgIpc) is 3.07. The van der Waals surface area contributed by atoms with Crippen molar-refractivity contribution in [2.45, 2.75) is 20.8 Å². The molecule has 0 aliphatic rings. The number of anilines is 2. The van der Waals surface area contributed by atoms with Gasteiger partial charge in [0.05, 0.1) is 18.4 Å². The van der Waals surface area contributed by atoms with Crippen LogP contribution in [0.4, 0.5) is 10.9 Å². The molecular formula is C17H18N4O2S. The number of thiazole rings is 1. The number of aromatic nitrogens is 3. The summed E-state index contributed by atoms with van der Waals surface area (Å²) in [6.45, 7) is 5.76. The molecule has 0 radical (unpaired) electrons. The lowest BCUT2D eigenvalue weighted by atomic mass is 10.1. The van der Waals surface area contributed by atoms with Crippen LogP contribution in [0.25, 0.3) is 11.4 Å². The number of H-pyrrole nitrogens is 1. The van der Waals surface area contributed by atoms with Crippen molar-refractivity contribution in [3.05, 3.63) is 46.1 Å². The molecule has 0 saturated carbocycles. The van der Waals surface area contributed by atoms with Crippen molar-refractivity contribution in [3.63, 3.8) is 0 Å². The molecule has 0 bridgehead atoms. The molecule has 24 heavy (non-hydrogen) atoms. The van der Waals surface area contributed by atoms with E-state index >= 15 is 0 Å². The Morgan fingerprint density at radius 1 is 1.29 bits per heavy atom. The maximum atomic E-state index is 12.0. The fourth-order valence-electron chi connectivity index (χ4n) is 2.62. The number of pyridine rings is 1. The molecule has 0 fully saturated rings. The molecule has 0 aromatic carbocycles. The Morgan fingerprint density at radius 3 is 2.75 bits per heavy atom. The predicted octanol–water partition coefficient (Wildman–Crippen LogP) is 3.99. The Bertz CT molecular complexity index is 884. The maximum Gasteiger partial charge on any atom is 0.339 e. The summed E-state index contributed by atoms with van der Waals surface area (Å²) >= 11 is 1.54. The molecule has 3 aromatic heterocycles. The summed E-state index contributed by atoms with van der Waals surface area (Å²) < 4.78 is 4.86. The van der Waals surface area contributed by atoms with E-state index in [4.69, 9.17) is 4.74 Å². The minimum atomic E-state index is -0.341. The monoisotopic (exact) mass is 342 g/mol. The van der Waals surface area contributed by atoms with Crippen molar-refractivity contribution in [2.24, 2.45) is 0 Å². The summed E-state index contributed by atoms with van der Waals surface area (Å²) in [5.41, 5.74) is 3.86. The number of hydrogen-bond acceptors (Lipinski definition) is 6. The SMILES string of the molecule is COC(=O)c1c(C)[nH]c(-c2nc(Nc3ccccn3)sc2C)c1C. The molecule has 7 heteroatoms. The Morgan fingerprint density at radius 2 is 2.08 bits per heavy atom. The lowest BCUT2D eigenvalue weighted by molar-refractivity contribution is 0.0599. The third-order valence-corrected chi connectivity index (χ3v) is 4.65. The van der Waals surface area contributed by atoms with Crippen LogP contribution in [-0.4, -0.2) is 28.0 Å². The molecule has 0 saturated heterocycles. The van der Waals surface area contributed by atoms with E-state index in [1.807, 2.05) is 39.0 Å². The topological polar surface area (TPSA) is 79.9 Å². The van der Waals surface area contributed by atoms with Crippen molar-refractivity contribution in [1.29, 1.82) is 0 Å². The van der Waals surface area contributed by atoms with Crippen molar-refractivity contribution in [2.75, 3.05) is 12.4 Å². The number of ether oxygens (including phenoxy) is 1. The lowest BCUT2D eigenvalue weighted by Gasteiger charge is -2.01. The number of aromatic amines is 1. The van der Waals surface area contributed by atoms with Crippen molar-refractivity contribution in [3.8, 4) is 11.4 Å². The lowest BCUT2D eigenvalue weighted by Crippen LogP contribution is -2.03. The quantitative estimate of drug-likeness (QED) is 0.701. The summed E-state index contributed by atoms with van der Waals surface area (Å²) in [4.78, 5) is 25.2. The van der Waals surface area contributed by atoms with Gasteiger partial charge < -0.3 is 15.0 Å². The Kier molecular flexibility index (Phi) is 4.35. The van der Waals surface area contributed by atoms with Gasteiger partial charge in [-0.1, -0.05) is 6.07 Å². The maximum absolute atomic E-state index is 12.0. The summed E-state index contributed by atoms with van der Waals surface area (Å²) in [7, 11) is 1.39. The van der Waals surface area contributed by atoms with Gasteiger partial charge in [-0.3, -0.25) is 0 Å². The fourth-order valence-corrected chi connectivity index (χ4v) is 3.45. The van der Waals surface area contributed by atoms with Gasteiger partial charge in [0.2, 0.25) is 0 Å². The van der Waals surface area contributed by atoms with Crippen LogP contribution in [0.2, 0.25) is 0 Å². The number of methoxy groups -OCH3 is 1. The number of rotatable bonds is 4. The van der Waals surface area contributed by atoms with Crippen LogP contribution >= 0.6 is 11.3 Å². The number of nitrogens with one attached hydrogen (secondary N) is 2. The summed E-state index contributed by atoms with van der Waals surface area (Å²) in [5, 5.41) is 3.96. The third kappa shape index (κ3) is 2.90. The van der Waals surface area contributed by atoms with Crippen LogP contribution in [0.15, 0.2) is 24.4 Å². The van der Waals surface area contributed by atoms with E-state index in [2.05, 4.69) is 20.3 Å². The van der Waals surface area contributed by atoms with Crippen molar-refractivity contribution in [1.82, 2.24) is 15.0 Å². The van der Waals surface area contributed by atoms with Crippen LogP contribution in [0.5, 0.6) is 0 Å². The number of hydrogen-bond donors (Lipinski definition) is 2. The Hall–Kier alpha value is -2.67. The van der Waals surface area contributed by atoms with E-state index in [0.29, 0.717) is 5.56 Å². The van der Waals surface area contributed by atoms with Gasteiger partial charge in [0.15, 0.2) is 5.13 Å². The van der Waals surface area contributed by atoms with E-state index in [-0.39, 0.29) is 5.97 Å². The van der Waals surface area contributed by atoms with E-state index in [0.717, 1.165) is 38.5 Å². The second-order valence-corrected chi connectivity index (χ2v) is 6.58. The molecular weight excluding hydrogens is 324 g/mol. The zero-order valence-electron chi connectivity index (χ0n) is 13.9. The van der Waals surface area contributed by atoms with Gasteiger partial charge >= 0.3 is 5.97 Å². The van der Waals surface area contributed by atoms with Crippen LogP contribution in [0, 0.1) is 20.8 Å². The highest BCUT2D eigenvalue weighted by molar-refractivity contribution is 7.16. The zero-order chi connectivity index (χ0) is 17.3. The second kappa shape index (κ2) is 6.45. The van der Waals surface area contributed by atoms with Gasteiger partial charge in [-0.15, -0.1) is 11.3 Å². The first-order chi connectivity index (χ1) is 11.5. The first-order valence-corrected chi connectivity index (χ1v) is 8.26. The minimum Gasteiger partial charge on any atom is -0.465 e. The third-order valence-electron chi connectivity index (χ3n) is 3.76. The average molecular weight is 342 g/mol. The number of esters is 1. The van der Waals surface area contributed by atoms with Gasteiger partial charge in [-0.25, -0.2) is 14.8 Å². The van der Waals surface area contributed by atoms with Gasteiger partial charge in [-0.2, -0.15) is 0 Å². The first-order valence-electron chi connectivity index (χ1n) is 7.44. The normalized spacial score (nSPS) is 10.7. The van der Waals surface area contributed by atoms with Crippen molar-refractivity contribution < 1.29 is 9.53 Å². The van der Waals surface area contributed by atoms with E-state index < -0.39 is 0 Å². The Labute approximate surface area is 143 Å². The van der Waals surface area contributed by atoms with Crippen LogP contribution in [0.1, 0.15) is 26.5 Å². The van der Waals surface area contributed by atoms with Crippen LogP contribution < -0.4 is 5.32 Å². The minimum absolute atomic E-state index is 0.341. The number of nitrogens with zero attached hydrogens (tertiary/aromatic N) is 2. The molecule has 3 heterocycles. The summed E-state index contributed by atoms with van der Waals surface area (Å²) in [6, 6.07) is 5.66. The molecule has 0 amide bonds. The molecule has 0 aliphatic heterocycles. The first kappa shape index (κ1) is 16.2. The van der Waals surface area contributed by atoms with Crippen molar-refractivity contribution >= 4 is 28.3 Å². The number of carbonyl (C=O) groups is 1. The van der Waals surface area contributed by atoms with E-state index in [1.54, 1.807) is 17.5 Å². The predicted molar refractivity (Wildman–Crippen MR) is 95.0 cm³/mol. The van der Waals surface area contributed by atoms with E-state index in [9.17, 15) is 4.79 Å². The standard InChI is InChI=1S/C17H18N4O2S/c1-9-13(16(22)23-4)10(2)19-14(9)15-11(3)24-17(21-15)20-12-7-5-6-8-18-12/h5-8,19H,1-4H3,(H,18,20,21). The number of aryl methyl sites for hydroxylation is 2. The van der Waals surface area contributed by atoms with Gasteiger partial charge in [0, 0.05) is 16.8 Å². The van der Waals surface area contributed by atoms with Crippen LogP contribution in [-0.2, 0) is 4.74 Å². The van der Waals surface area contributed by atoms with Crippen LogP contribution in [0.3, 0.4) is 0 Å². The number of carbonyl (C=O) groups excluding carboxylic acids is 1. The molecule has 6 nitrogen and oxygen atoms in total.